The van der Waals surface area contributed by atoms with Crippen molar-refractivity contribution in [1.29, 1.82) is 0 Å². The highest BCUT2D eigenvalue weighted by Gasteiger charge is 2.51. The van der Waals surface area contributed by atoms with Crippen molar-refractivity contribution < 1.29 is 19.8 Å². The van der Waals surface area contributed by atoms with E-state index in [1.807, 2.05) is 36.4 Å². The lowest BCUT2D eigenvalue weighted by Gasteiger charge is -2.36. The monoisotopic (exact) mass is 420 g/mol. The average molecular weight is 421 g/mol. The molecule has 2 amide bonds. The summed E-state index contributed by atoms with van der Waals surface area (Å²) in [6, 6.07) is 15.0. The largest absolute Gasteiger partial charge is 0.394 e. The van der Waals surface area contributed by atoms with Crippen LogP contribution in [-0.2, 0) is 28.2 Å². The van der Waals surface area contributed by atoms with Gasteiger partial charge in [-0.05, 0) is 23.6 Å². The van der Waals surface area contributed by atoms with E-state index >= 15 is 0 Å². The van der Waals surface area contributed by atoms with Crippen LogP contribution in [0.3, 0.4) is 0 Å². The molecule has 2 N–H and O–H groups in total. The molecule has 0 bridgehead atoms. The minimum atomic E-state index is -1.65. The molecule has 162 valence electrons. The topological polar surface area (TPSA) is 81.1 Å². The quantitative estimate of drug-likeness (QED) is 0.728. The van der Waals surface area contributed by atoms with Gasteiger partial charge in [0.1, 0.15) is 0 Å². The van der Waals surface area contributed by atoms with Gasteiger partial charge in [-0.3, -0.25) is 9.59 Å². The van der Waals surface area contributed by atoms with E-state index in [1.165, 1.54) is 10.5 Å². The molecule has 2 aliphatic heterocycles. The van der Waals surface area contributed by atoms with Crippen LogP contribution in [0.4, 0.5) is 5.69 Å². The highest BCUT2D eigenvalue weighted by Crippen LogP contribution is 2.44. The van der Waals surface area contributed by atoms with Gasteiger partial charge in [0.2, 0.25) is 5.91 Å². The molecule has 0 radical (unpaired) electrons. The molecular formula is C25H28N2O4. The van der Waals surface area contributed by atoms with Gasteiger partial charge in [-0.15, -0.1) is 0 Å². The minimum Gasteiger partial charge on any atom is -0.394 e. The van der Waals surface area contributed by atoms with E-state index in [9.17, 15) is 19.8 Å². The maximum atomic E-state index is 12.9. The summed E-state index contributed by atoms with van der Waals surface area (Å²) in [5, 5.41) is 21.1. The zero-order valence-corrected chi connectivity index (χ0v) is 17.9. The van der Waals surface area contributed by atoms with Crippen LogP contribution in [0.2, 0.25) is 0 Å². The molecule has 0 saturated heterocycles. The Hall–Kier alpha value is -2.96. The van der Waals surface area contributed by atoms with E-state index in [4.69, 9.17) is 0 Å². The average Bonchev–Trinajstić information content (AvgIpc) is 3.00. The van der Waals surface area contributed by atoms with Gasteiger partial charge in [0, 0.05) is 31.5 Å². The summed E-state index contributed by atoms with van der Waals surface area (Å²) < 4.78 is 0. The summed E-state index contributed by atoms with van der Waals surface area (Å²) in [5.74, 6) is -0.959. The Balaban J connectivity index is 1.47. The lowest BCUT2D eigenvalue weighted by molar-refractivity contribution is -0.139. The fourth-order valence-corrected chi connectivity index (χ4v) is 4.68. The Morgan fingerprint density at radius 1 is 1.19 bits per heavy atom. The number of aliphatic hydroxyl groups is 2. The number of likely N-dealkylation sites (N-methyl/N-ethyl adjacent to an activating group) is 1. The number of fused-ring (bicyclic) bond motifs is 2. The number of aliphatic hydroxyl groups excluding tert-OH is 1. The molecule has 0 aromatic heterocycles. The third-order valence-electron chi connectivity index (χ3n) is 6.57. The maximum absolute atomic E-state index is 12.9. The van der Waals surface area contributed by atoms with Crippen molar-refractivity contribution >= 4 is 17.5 Å². The third-order valence-corrected chi connectivity index (χ3v) is 6.57. The number of hydrogen-bond donors (Lipinski definition) is 2. The first-order valence-corrected chi connectivity index (χ1v) is 10.6. The van der Waals surface area contributed by atoms with Crippen LogP contribution in [0.25, 0.3) is 0 Å². The Kier molecular flexibility index (Phi) is 5.69. The van der Waals surface area contributed by atoms with Gasteiger partial charge in [0.05, 0.1) is 18.3 Å². The second-order valence-electron chi connectivity index (χ2n) is 8.40. The van der Waals surface area contributed by atoms with Crippen molar-refractivity contribution in [3.8, 4) is 0 Å². The van der Waals surface area contributed by atoms with E-state index in [-0.39, 0.29) is 30.9 Å². The summed E-state index contributed by atoms with van der Waals surface area (Å²) >= 11 is 0. The fraction of sp³-hybridized carbons (Fsp3) is 0.360. The molecule has 4 rings (SSSR count). The maximum Gasteiger partial charge on any atom is 0.264 e. The number of hydrogen-bond acceptors (Lipinski definition) is 4. The highest BCUT2D eigenvalue weighted by molar-refractivity contribution is 6.06. The zero-order chi connectivity index (χ0) is 22.2. The van der Waals surface area contributed by atoms with E-state index in [0.29, 0.717) is 24.2 Å². The predicted molar refractivity (Wildman–Crippen MR) is 118 cm³/mol. The van der Waals surface area contributed by atoms with Gasteiger partial charge in [-0.1, -0.05) is 61.5 Å². The van der Waals surface area contributed by atoms with E-state index in [1.54, 1.807) is 43.2 Å². The predicted octanol–water partition coefficient (Wildman–Crippen LogP) is 2.38. The number of nitrogens with zero attached hydrogens (tertiary/aromatic N) is 2. The number of rotatable bonds is 5. The highest BCUT2D eigenvalue weighted by atomic mass is 16.3. The molecule has 2 aliphatic rings. The van der Waals surface area contributed by atoms with Crippen molar-refractivity contribution in [2.45, 2.75) is 38.0 Å². The molecule has 6 heteroatoms. The molecule has 31 heavy (non-hydrogen) atoms. The lowest BCUT2D eigenvalue weighted by atomic mass is 9.83. The number of amides is 2. The van der Waals surface area contributed by atoms with Crippen LogP contribution in [0.15, 0.2) is 60.7 Å². The smallest absolute Gasteiger partial charge is 0.264 e. The number of anilines is 1. The zero-order valence-electron chi connectivity index (χ0n) is 17.9. The van der Waals surface area contributed by atoms with Gasteiger partial charge in [-0.25, -0.2) is 0 Å². The summed E-state index contributed by atoms with van der Waals surface area (Å²) in [6.07, 6.45) is 4.23. The van der Waals surface area contributed by atoms with Crippen molar-refractivity contribution in [3.05, 3.63) is 77.4 Å². The number of carbonyl (C=O) groups excluding carboxylic acids is 2. The van der Waals surface area contributed by atoms with Crippen molar-refractivity contribution in [2.24, 2.45) is 5.92 Å². The first-order chi connectivity index (χ1) is 14.9. The summed E-state index contributed by atoms with van der Waals surface area (Å²) in [4.78, 5) is 28.9. The van der Waals surface area contributed by atoms with Crippen LogP contribution in [-0.4, -0.2) is 46.6 Å². The molecule has 0 aliphatic carbocycles. The van der Waals surface area contributed by atoms with Crippen molar-refractivity contribution in [3.63, 3.8) is 0 Å². The standard InChI is InChI=1S/C25H28N2O4/c1-17(25(31)21-11-5-6-12-22(21)26(2)24(25)30)8-7-13-23(29)27-15-19-10-4-3-9-18(19)14-20(27)16-28/h3-12,17,20,28,31H,13-16H2,1-2H3/b8-7+/t17-,20+,25+/m1/s1. The molecule has 2 heterocycles. The van der Waals surface area contributed by atoms with Gasteiger partial charge in [-0.2, -0.15) is 0 Å². The fourth-order valence-electron chi connectivity index (χ4n) is 4.68. The summed E-state index contributed by atoms with van der Waals surface area (Å²) in [7, 11) is 1.66. The SMILES string of the molecule is C[C@H](/C=C/CC(=O)N1Cc2ccccc2C[C@H]1CO)[C@@]1(O)C(=O)N(C)c2ccccc21. The Labute approximate surface area is 182 Å². The van der Waals surface area contributed by atoms with Gasteiger partial charge < -0.3 is 20.0 Å². The van der Waals surface area contributed by atoms with Crippen LogP contribution >= 0.6 is 0 Å². The Bertz CT molecular complexity index is 1030. The first kappa shape index (κ1) is 21.3. The van der Waals surface area contributed by atoms with Gasteiger partial charge in [0.15, 0.2) is 5.60 Å². The van der Waals surface area contributed by atoms with Crippen molar-refractivity contribution in [1.82, 2.24) is 4.90 Å². The molecular weight excluding hydrogens is 392 g/mol. The van der Waals surface area contributed by atoms with Gasteiger partial charge >= 0.3 is 0 Å². The Morgan fingerprint density at radius 2 is 1.87 bits per heavy atom. The molecule has 3 atom stereocenters. The molecule has 0 fully saturated rings. The molecule has 0 saturated carbocycles. The summed E-state index contributed by atoms with van der Waals surface area (Å²) in [6.45, 7) is 2.17. The van der Waals surface area contributed by atoms with Crippen LogP contribution in [0.5, 0.6) is 0 Å². The van der Waals surface area contributed by atoms with E-state index in [2.05, 4.69) is 0 Å². The normalized spacial score (nSPS) is 23.7. The minimum absolute atomic E-state index is 0.0840. The lowest BCUT2D eigenvalue weighted by Crippen LogP contribution is -2.46. The van der Waals surface area contributed by atoms with Crippen LogP contribution in [0, 0.1) is 5.92 Å². The van der Waals surface area contributed by atoms with Gasteiger partial charge in [0.25, 0.3) is 5.91 Å². The Morgan fingerprint density at radius 3 is 2.61 bits per heavy atom. The molecule has 0 spiro atoms. The number of para-hydroxylation sites is 1. The second-order valence-corrected chi connectivity index (χ2v) is 8.40. The second kappa shape index (κ2) is 8.29. The van der Waals surface area contributed by atoms with E-state index in [0.717, 1.165) is 5.56 Å². The molecule has 0 unspecified atom stereocenters. The van der Waals surface area contributed by atoms with Crippen LogP contribution in [0.1, 0.15) is 30.0 Å². The summed E-state index contributed by atoms with van der Waals surface area (Å²) in [5.41, 5.74) is 1.90. The molecule has 2 aromatic carbocycles. The molecule has 2 aromatic rings. The third kappa shape index (κ3) is 3.56. The van der Waals surface area contributed by atoms with Crippen molar-refractivity contribution in [2.75, 3.05) is 18.6 Å². The van der Waals surface area contributed by atoms with E-state index < -0.39 is 11.5 Å². The number of carbonyl (C=O) groups is 2. The molecule has 6 nitrogen and oxygen atoms in total. The first-order valence-electron chi connectivity index (χ1n) is 10.6. The van der Waals surface area contributed by atoms with Crippen LogP contribution < -0.4 is 4.90 Å². The number of benzene rings is 2.